The molecule has 2 N–H and O–H groups in total. The van der Waals surface area contributed by atoms with Gasteiger partial charge in [0.1, 0.15) is 11.9 Å². The largest absolute Gasteiger partial charge is 0.333 e. The molecule has 6 heteroatoms. The fourth-order valence-corrected chi connectivity index (χ4v) is 1.93. The first kappa shape index (κ1) is 10.3. The molecule has 0 aliphatic heterocycles. The molecule has 0 bridgehead atoms. The van der Waals surface area contributed by atoms with Crippen molar-refractivity contribution >= 4 is 11.7 Å². The highest BCUT2D eigenvalue weighted by molar-refractivity contribution is 6.99. The van der Waals surface area contributed by atoms with Gasteiger partial charge in [0, 0.05) is 18.9 Å². The summed E-state index contributed by atoms with van der Waals surface area (Å²) in [6, 6.07) is -0.273. The van der Waals surface area contributed by atoms with E-state index in [4.69, 9.17) is 5.73 Å². The topological polar surface area (TPSA) is 69.6 Å². The minimum absolute atomic E-state index is 0.273. The van der Waals surface area contributed by atoms with E-state index >= 15 is 0 Å². The van der Waals surface area contributed by atoms with Crippen LogP contribution in [0.4, 0.5) is 0 Å². The third-order valence-electron chi connectivity index (χ3n) is 2.19. The highest BCUT2D eigenvalue weighted by Crippen LogP contribution is 2.16. The third-order valence-corrected chi connectivity index (χ3v) is 2.68. The number of hydrogen-bond donors (Lipinski definition) is 1. The van der Waals surface area contributed by atoms with Gasteiger partial charge in [-0.2, -0.15) is 8.75 Å². The molecule has 1 unspecified atom stereocenters. The molecule has 1 atom stereocenters. The minimum atomic E-state index is -0.273. The van der Waals surface area contributed by atoms with Gasteiger partial charge in [0.15, 0.2) is 0 Å². The minimum Gasteiger partial charge on any atom is -0.333 e. The lowest BCUT2D eigenvalue weighted by atomic mass is 10.2. The van der Waals surface area contributed by atoms with Crippen molar-refractivity contribution in [1.82, 2.24) is 18.3 Å². The maximum absolute atomic E-state index is 6.06. The Morgan fingerprint density at radius 2 is 2.47 bits per heavy atom. The molecule has 15 heavy (non-hydrogen) atoms. The zero-order chi connectivity index (χ0) is 10.7. The lowest BCUT2D eigenvalue weighted by Crippen LogP contribution is -2.18. The highest BCUT2D eigenvalue weighted by Gasteiger charge is 2.16. The zero-order valence-electron chi connectivity index (χ0n) is 8.50. The summed E-state index contributed by atoms with van der Waals surface area (Å²) in [4.78, 5) is 4.27. The lowest BCUT2D eigenvalue weighted by molar-refractivity contribution is 0.609. The van der Waals surface area contributed by atoms with Crippen molar-refractivity contribution in [2.24, 2.45) is 5.73 Å². The highest BCUT2D eigenvalue weighted by atomic mass is 32.1. The van der Waals surface area contributed by atoms with Crippen LogP contribution in [0, 0.1) is 0 Å². The summed E-state index contributed by atoms with van der Waals surface area (Å²) in [6.45, 7) is 3.06. The molecule has 0 amide bonds. The number of aryl methyl sites for hydroxylation is 1. The first-order valence-corrected chi connectivity index (χ1v) is 5.60. The smallest absolute Gasteiger partial charge is 0.131 e. The van der Waals surface area contributed by atoms with Crippen LogP contribution < -0.4 is 5.73 Å². The van der Waals surface area contributed by atoms with E-state index in [9.17, 15) is 0 Å². The first-order valence-electron chi connectivity index (χ1n) is 4.87. The number of rotatable bonds is 4. The Bertz CT molecular complexity index is 408. The zero-order valence-corrected chi connectivity index (χ0v) is 9.31. The second-order valence-corrected chi connectivity index (χ2v) is 3.85. The first-order chi connectivity index (χ1) is 7.33. The molecule has 2 aromatic heterocycles. The Kier molecular flexibility index (Phi) is 3.08. The number of aromatic nitrogens is 4. The van der Waals surface area contributed by atoms with Gasteiger partial charge in [0.2, 0.25) is 0 Å². The molecule has 2 heterocycles. The second kappa shape index (κ2) is 4.50. The molecule has 0 fully saturated rings. The van der Waals surface area contributed by atoms with Gasteiger partial charge in [-0.05, 0) is 6.42 Å². The third kappa shape index (κ3) is 2.05. The average molecular weight is 223 g/mol. The maximum atomic E-state index is 6.06. The summed E-state index contributed by atoms with van der Waals surface area (Å²) in [5, 5.41) is 0. The van der Waals surface area contributed by atoms with Crippen molar-refractivity contribution < 1.29 is 0 Å². The van der Waals surface area contributed by atoms with Gasteiger partial charge >= 0.3 is 0 Å². The molecule has 0 spiro atoms. The van der Waals surface area contributed by atoms with Gasteiger partial charge in [-0.15, -0.1) is 0 Å². The summed E-state index contributed by atoms with van der Waals surface area (Å²) < 4.78 is 10.1. The van der Waals surface area contributed by atoms with Crippen LogP contribution in [-0.2, 0) is 6.54 Å². The van der Waals surface area contributed by atoms with Crippen LogP contribution in [0.5, 0.6) is 0 Å². The SMILES string of the molecule is CCCn1ccnc1C(N)c1cnsn1. The normalized spacial score (nSPS) is 12.9. The molecule has 0 aliphatic rings. The molecule has 0 radical (unpaired) electrons. The average Bonchev–Trinajstić information content (AvgIpc) is 2.87. The fourth-order valence-electron chi connectivity index (χ4n) is 1.47. The van der Waals surface area contributed by atoms with Gasteiger partial charge in [-0.1, -0.05) is 6.92 Å². The molecule has 0 saturated heterocycles. The number of imidazole rings is 1. The van der Waals surface area contributed by atoms with Crippen LogP contribution in [0.15, 0.2) is 18.6 Å². The predicted molar refractivity (Wildman–Crippen MR) is 58.5 cm³/mol. The molecule has 0 saturated carbocycles. The van der Waals surface area contributed by atoms with Crippen molar-refractivity contribution in [3.05, 3.63) is 30.1 Å². The Labute approximate surface area is 92.3 Å². The summed E-state index contributed by atoms with van der Waals surface area (Å²) in [6.07, 6.45) is 6.47. The molecular weight excluding hydrogens is 210 g/mol. The molecule has 5 nitrogen and oxygen atoms in total. The summed E-state index contributed by atoms with van der Waals surface area (Å²) >= 11 is 1.17. The van der Waals surface area contributed by atoms with E-state index in [2.05, 4.69) is 25.2 Å². The van der Waals surface area contributed by atoms with E-state index in [1.165, 1.54) is 11.7 Å². The van der Waals surface area contributed by atoms with Crippen LogP contribution in [-0.4, -0.2) is 18.3 Å². The van der Waals surface area contributed by atoms with Crippen molar-refractivity contribution in [3.8, 4) is 0 Å². The fraction of sp³-hybridized carbons (Fsp3) is 0.444. The van der Waals surface area contributed by atoms with Crippen LogP contribution >= 0.6 is 11.7 Å². The van der Waals surface area contributed by atoms with Crippen molar-refractivity contribution in [1.29, 1.82) is 0 Å². The number of hydrogen-bond acceptors (Lipinski definition) is 5. The van der Waals surface area contributed by atoms with Crippen LogP contribution in [0.3, 0.4) is 0 Å². The standard InChI is InChI=1S/C9H13N5S/c1-2-4-14-5-3-11-9(14)8(10)7-6-12-15-13-7/h3,5-6,8H,2,4,10H2,1H3. The molecule has 2 rings (SSSR count). The molecule has 80 valence electrons. The summed E-state index contributed by atoms with van der Waals surface area (Å²) in [5.74, 6) is 0.851. The number of nitrogens with zero attached hydrogens (tertiary/aromatic N) is 4. The molecule has 2 aromatic rings. The van der Waals surface area contributed by atoms with E-state index in [0.29, 0.717) is 0 Å². The van der Waals surface area contributed by atoms with Gasteiger partial charge in [0.05, 0.1) is 23.6 Å². The maximum Gasteiger partial charge on any atom is 0.131 e. The van der Waals surface area contributed by atoms with E-state index < -0.39 is 0 Å². The van der Waals surface area contributed by atoms with E-state index in [0.717, 1.165) is 24.5 Å². The van der Waals surface area contributed by atoms with Gasteiger partial charge in [-0.25, -0.2) is 4.98 Å². The van der Waals surface area contributed by atoms with Gasteiger partial charge < -0.3 is 10.3 Å². The molecule has 0 aliphatic carbocycles. The lowest BCUT2D eigenvalue weighted by Gasteiger charge is -2.10. The Morgan fingerprint density at radius 3 is 3.13 bits per heavy atom. The Morgan fingerprint density at radius 1 is 1.60 bits per heavy atom. The number of nitrogens with two attached hydrogens (primary N) is 1. The Balaban J connectivity index is 2.25. The predicted octanol–water partition coefficient (Wildman–Crippen LogP) is 1.19. The van der Waals surface area contributed by atoms with Crippen LogP contribution in [0.1, 0.15) is 30.9 Å². The molecule has 0 aromatic carbocycles. The van der Waals surface area contributed by atoms with Crippen molar-refractivity contribution in [3.63, 3.8) is 0 Å². The van der Waals surface area contributed by atoms with E-state index in [1.54, 1.807) is 12.4 Å². The van der Waals surface area contributed by atoms with Crippen LogP contribution in [0.25, 0.3) is 0 Å². The second-order valence-electron chi connectivity index (χ2n) is 3.29. The molecular formula is C9H13N5S. The monoisotopic (exact) mass is 223 g/mol. The van der Waals surface area contributed by atoms with Crippen LogP contribution in [0.2, 0.25) is 0 Å². The quantitative estimate of drug-likeness (QED) is 0.845. The van der Waals surface area contributed by atoms with Gasteiger partial charge in [-0.3, -0.25) is 0 Å². The van der Waals surface area contributed by atoms with E-state index in [-0.39, 0.29) is 6.04 Å². The summed E-state index contributed by atoms with van der Waals surface area (Å²) in [7, 11) is 0. The van der Waals surface area contributed by atoms with E-state index in [1.807, 2.05) is 6.20 Å². The van der Waals surface area contributed by atoms with Crippen molar-refractivity contribution in [2.75, 3.05) is 0 Å². The van der Waals surface area contributed by atoms with Gasteiger partial charge in [0.25, 0.3) is 0 Å². The Hall–Kier alpha value is -1.27. The van der Waals surface area contributed by atoms with Crippen molar-refractivity contribution in [2.45, 2.75) is 25.9 Å². The summed E-state index contributed by atoms with van der Waals surface area (Å²) in [5.41, 5.74) is 6.84.